The molecule has 0 spiro atoms. The molecule has 0 N–H and O–H groups in total. The van der Waals surface area contributed by atoms with Crippen LogP contribution >= 0.6 is 11.3 Å². The molecular weight excluding hydrogens is 204 g/mol. The summed E-state index contributed by atoms with van der Waals surface area (Å²) in [5.74, 6) is 0. The van der Waals surface area contributed by atoms with Crippen molar-refractivity contribution in [3.8, 4) is 10.6 Å². The molecule has 2 aromatic heterocycles. The third-order valence-electron chi connectivity index (χ3n) is 2.21. The first-order valence-electron chi connectivity index (χ1n) is 4.69. The molecule has 1 aromatic carbocycles. The summed E-state index contributed by atoms with van der Waals surface area (Å²) < 4.78 is 1.18. The fourth-order valence-electron chi connectivity index (χ4n) is 1.48. The molecule has 3 rings (SSSR count). The minimum atomic E-state index is 0.973. The molecule has 0 unspecified atom stereocenters. The Kier molecular flexibility index (Phi) is 1.96. The number of rotatable bonds is 1. The predicted molar refractivity (Wildman–Crippen MR) is 62.9 cm³/mol. The van der Waals surface area contributed by atoms with Crippen molar-refractivity contribution in [2.45, 2.75) is 0 Å². The summed E-state index contributed by atoms with van der Waals surface area (Å²) >= 11 is 1.70. The molecule has 0 radical (unpaired) electrons. The van der Waals surface area contributed by atoms with Gasteiger partial charge in [-0.05, 0) is 6.07 Å². The molecule has 0 amide bonds. The summed E-state index contributed by atoms with van der Waals surface area (Å²) in [7, 11) is 0. The Hall–Kier alpha value is -1.74. The SMILES string of the molecule is c1ccc(-c2nc3cnccc3s2)cc1. The fraction of sp³-hybridized carbons (Fsp3) is 0. The average Bonchev–Trinajstić information content (AvgIpc) is 2.74. The van der Waals surface area contributed by atoms with Crippen LogP contribution in [0.4, 0.5) is 0 Å². The second kappa shape index (κ2) is 3.44. The van der Waals surface area contributed by atoms with Gasteiger partial charge in [0.2, 0.25) is 0 Å². The Bertz CT molecular complexity index is 554. The van der Waals surface area contributed by atoms with Crippen LogP contribution in [-0.4, -0.2) is 9.97 Å². The Labute approximate surface area is 91.2 Å². The van der Waals surface area contributed by atoms with Gasteiger partial charge in [0.05, 0.1) is 10.9 Å². The minimum absolute atomic E-state index is 0.973. The van der Waals surface area contributed by atoms with Crippen LogP contribution in [0.5, 0.6) is 0 Å². The largest absolute Gasteiger partial charge is 0.262 e. The van der Waals surface area contributed by atoms with Crippen LogP contribution in [0, 0.1) is 0 Å². The highest BCUT2D eigenvalue weighted by Gasteiger charge is 2.04. The minimum Gasteiger partial charge on any atom is -0.262 e. The van der Waals surface area contributed by atoms with Gasteiger partial charge in [0.1, 0.15) is 10.5 Å². The van der Waals surface area contributed by atoms with Crippen molar-refractivity contribution >= 4 is 21.6 Å². The number of benzene rings is 1. The number of hydrogen-bond acceptors (Lipinski definition) is 3. The molecular formula is C12H8N2S. The summed E-state index contributed by atoms with van der Waals surface area (Å²) in [6.07, 6.45) is 3.60. The van der Waals surface area contributed by atoms with E-state index in [1.165, 1.54) is 10.3 Å². The Morgan fingerprint density at radius 2 is 1.87 bits per heavy atom. The molecule has 3 heteroatoms. The molecule has 0 aliphatic heterocycles. The molecule has 0 fully saturated rings. The number of thiazole rings is 1. The van der Waals surface area contributed by atoms with E-state index in [1.807, 2.05) is 24.3 Å². The van der Waals surface area contributed by atoms with Crippen LogP contribution in [0.25, 0.3) is 20.8 Å². The molecule has 0 aliphatic rings. The number of nitrogens with zero attached hydrogens (tertiary/aromatic N) is 2. The lowest BCUT2D eigenvalue weighted by Crippen LogP contribution is -1.74. The molecule has 72 valence electrons. The lowest BCUT2D eigenvalue weighted by atomic mass is 10.2. The number of pyridine rings is 1. The standard InChI is InChI=1S/C12H8N2S/c1-2-4-9(5-3-1)12-14-10-8-13-7-6-11(10)15-12/h1-8H. The fourth-order valence-corrected chi connectivity index (χ4v) is 2.42. The van der Waals surface area contributed by atoms with Crippen LogP contribution in [0.2, 0.25) is 0 Å². The molecule has 0 aliphatic carbocycles. The van der Waals surface area contributed by atoms with Crippen molar-refractivity contribution in [1.29, 1.82) is 0 Å². The van der Waals surface area contributed by atoms with Gasteiger partial charge in [0, 0.05) is 11.8 Å². The van der Waals surface area contributed by atoms with E-state index < -0.39 is 0 Å². The van der Waals surface area contributed by atoms with Gasteiger partial charge in [-0.25, -0.2) is 4.98 Å². The van der Waals surface area contributed by atoms with Gasteiger partial charge in [0.15, 0.2) is 0 Å². The first-order chi connectivity index (χ1) is 7.43. The highest BCUT2D eigenvalue weighted by Crippen LogP contribution is 2.28. The van der Waals surface area contributed by atoms with Gasteiger partial charge in [-0.3, -0.25) is 4.98 Å². The van der Waals surface area contributed by atoms with Gasteiger partial charge in [-0.1, -0.05) is 30.3 Å². The Morgan fingerprint density at radius 3 is 2.67 bits per heavy atom. The van der Waals surface area contributed by atoms with E-state index in [0.29, 0.717) is 0 Å². The summed E-state index contributed by atoms with van der Waals surface area (Å²) in [6, 6.07) is 12.2. The summed E-state index contributed by atoms with van der Waals surface area (Å²) in [6.45, 7) is 0. The van der Waals surface area contributed by atoms with Gasteiger partial charge in [0.25, 0.3) is 0 Å². The highest BCUT2D eigenvalue weighted by molar-refractivity contribution is 7.21. The topological polar surface area (TPSA) is 25.8 Å². The van der Waals surface area contributed by atoms with Crippen molar-refractivity contribution in [2.24, 2.45) is 0 Å². The van der Waals surface area contributed by atoms with Crippen molar-refractivity contribution < 1.29 is 0 Å². The van der Waals surface area contributed by atoms with Gasteiger partial charge < -0.3 is 0 Å². The third kappa shape index (κ3) is 1.51. The molecule has 0 saturated carbocycles. The summed E-state index contributed by atoms with van der Waals surface area (Å²) in [4.78, 5) is 8.60. The van der Waals surface area contributed by atoms with Crippen molar-refractivity contribution in [3.05, 3.63) is 48.8 Å². The van der Waals surface area contributed by atoms with Gasteiger partial charge >= 0.3 is 0 Å². The van der Waals surface area contributed by atoms with Crippen LogP contribution in [0.1, 0.15) is 0 Å². The van der Waals surface area contributed by atoms with E-state index in [0.717, 1.165) is 10.5 Å². The summed E-state index contributed by atoms with van der Waals surface area (Å²) in [5.41, 5.74) is 2.14. The Morgan fingerprint density at radius 1 is 1.00 bits per heavy atom. The molecule has 2 heterocycles. The average molecular weight is 212 g/mol. The first kappa shape index (κ1) is 8.56. The van der Waals surface area contributed by atoms with E-state index in [1.54, 1.807) is 23.7 Å². The zero-order valence-electron chi connectivity index (χ0n) is 7.92. The smallest absolute Gasteiger partial charge is 0.124 e. The second-order valence-electron chi connectivity index (χ2n) is 3.23. The molecule has 2 nitrogen and oxygen atoms in total. The third-order valence-corrected chi connectivity index (χ3v) is 3.30. The van der Waals surface area contributed by atoms with E-state index >= 15 is 0 Å². The molecule has 3 aromatic rings. The molecule has 0 saturated heterocycles. The highest BCUT2D eigenvalue weighted by atomic mass is 32.1. The molecule has 0 bridgehead atoms. The maximum atomic E-state index is 4.54. The van der Waals surface area contributed by atoms with Crippen LogP contribution in [-0.2, 0) is 0 Å². The lowest BCUT2D eigenvalue weighted by molar-refractivity contribution is 1.34. The van der Waals surface area contributed by atoms with Crippen molar-refractivity contribution in [1.82, 2.24) is 9.97 Å². The quantitative estimate of drug-likeness (QED) is 0.618. The zero-order valence-corrected chi connectivity index (χ0v) is 8.74. The van der Waals surface area contributed by atoms with Crippen molar-refractivity contribution in [3.63, 3.8) is 0 Å². The Balaban J connectivity index is 2.21. The van der Waals surface area contributed by atoms with Crippen LogP contribution in [0.15, 0.2) is 48.8 Å². The van der Waals surface area contributed by atoms with E-state index in [9.17, 15) is 0 Å². The van der Waals surface area contributed by atoms with Crippen molar-refractivity contribution in [2.75, 3.05) is 0 Å². The first-order valence-corrected chi connectivity index (χ1v) is 5.51. The van der Waals surface area contributed by atoms with Crippen LogP contribution < -0.4 is 0 Å². The lowest BCUT2D eigenvalue weighted by Gasteiger charge is -1.92. The van der Waals surface area contributed by atoms with E-state index in [-0.39, 0.29) is 0 Å². The van der Waals surface area contributed by atoms with Gasteiger partial charge in [-0.15, -0.1) is 11.3 Å². The zero-order chi connectivity index (χ0) is 10.1. The maximum absolute atomic E-state index is 4.54. The molecule has 15 heavy (non-hydrogen) atoms. The number of aromatic nitrogens is 2. The number of fused-ring (bicyclic) bond motifs is 1. The van der Waals surface area contributed by atoms with Gasteiger partial charge in [-0.2, -0.15) is 0 Å². The monoisotopic (exact) mass is 212 g/mol. The van der Waals surface area contributed by atoms with E-state index in [4.69, 9.17) is 0 Å². The van der Waals surface area contributed by atoms with E-state index in [2.05, 4.69) is 22.1 Å². The number of hydrogen-bond donors (Lipinski definition) is 0. The summed E-state index contributed by atoms with van der Waals surface area (Å²) in [5, 5.41) is 1.05. The predicted octanol–water partition coefficient (Wildman–Crippen LogP) is 3.36. The normalized spacial score (nSPS) is 10.7. The maximum Gasteiger partial charge on any atom is 0.124 e. The van der Waals surface area contributed by atoms with Crippen LogP contribution in [0.3, 0.4) is 0 Å². The molecule has 0 atom stereocenters. The second-order valence-corrected chi connectivity index (χ2v) is 4.26.